The quantitative estimate of drug-likeness (QED) is 0.855. The van der Waals surface area contributed by atoms with Crippen molar-refractivity contribution in [2.24, 2.45) is 0 Å². The van der Waals surface area contributed by atoms with Crippen molar-refractivity contribution in [1.82, 2.24) is 14.5 Å². The molecule has 1 atom stereocenters. The topological polar surface area (TPSA) is 46.1 Å². The highest BCUT2D eigenvalue weighted by atomic mass is 32.1. The van der Waals surface area contributed by atoms with Crippen LogP contribution in [-0.4, -0.2) is 26.9 Å². The molecule has 1 aliphatic heterocycles. The van der Waals surface area contributed by atoms with E-state index in [2.05, 4.69) is 28.0 Å². The summed E-state index contributed by atoms with van der Waals surface area (Å²) in [6.07, 6.45) is 1.71. The summed E-state index contributed by atoms with van der Waals surface area (Å²) in [6, 6.07) is 2.28. The Bertz CT molecular complexity index is 605. The van der Waals surface area contributed by atoms with Crippen LogP contribution < -0.4 is 0 Å². The van der Waals surface area contributed by atoms with Crippen LogP contribution in [0, 0.1) is 0 Å². The van der Waals surface area contributed by atoms with E-state index >= 15 is 0 Å². The summed E-state index contributed by atoms with van der Waals surface area (Å²) < 4.78 is 3.91. The Hall–Kier alpha value is -1.27. The fraction of sp³-hybridized carbons (Fsp3) is 0.462. The molecule has 0 radical (unpaired) electrons. The molecule has 1 amide bonds. The van der Waals surface area contributed by atoms with E-state index in [1.165, 1.54) is 22.0 Å². The van der Waals surface area contributed by atoms with E-state index in [1.54, 1.807) is 11.3 Å². The van der Waals surface area contributed by atoms with Gasteiger partial charge in [0.05, 0.1) is 11.7 Å². The van der Waals surface area contributed by atoms with Gasteiger partial charge in [-0.15, -0.1) is 16.4 Å². The fourth-order valence-electron chi connectivity index (χ4n) is 2.52. The maximum absolute atomic E-state index is 12.6. The van der Waals surface area contributed by atoms with Crippen molar-refractivity contribution in [2.75, 3.05) is 6.54 Å². The molecule has 0 N–H and O–H groups in total. The molecule has 0 spiro atoms. The first-order valence-corrected chi connectivity index (χ1v) is 8.06. The summed E-state index contributed by atoms with van der Waals surface area (Å²) in [5, 5.41) is 6.14. The molecule has 0 saturated heterocycles. The molecule has 0 bridgehead atoms. The molecule has 19 heavy (non-hydrogen) atoms. The lowest BCUT2D eigenvalue weighted by molar-refractivity contribution is 0.0683. The van der Waals surface area contributed by atoms with Crippen molar-refractivity contribution in [3.05, 3.63) is 32.5 Å². The summed E-state index contributed by atoms with van der Waals surface area (Å²) >= 11 is 3.00. The van der Waals surface area contributed by atoms with Crippen LogP contribution in [0.2, 0.25) is 0 Å². The summed E-state index contributed by atoms with van der Waals surface area (Å²) in [4.78, 5) is 16.7. The lowest BCUT2D eigenvalue weighted by Crippen LogP contribution is -2.38. The van der Waals surface area contributed by atoms with Gasteiger partial charge in [-0.05, 0) is 48.3 Å². The Morgan fingerprint density at radius 3 is 3.21 bits per heavy atom. The summed E-state index contributed by atoms with van der Waals surface area (Å²) in [5.41, 5.74) is 2.11. The largest absolute Gasteiger partial charge is 0.331 e. The van der Waals surface area contributed by atoms with Crippen molar-refractivity contribution in [1.29, 1.82) is 0 Å². The maximum Gasteiger partial charge on any atom is 0.268 e. The number of aryl methyl sites for hydroxylation is 1. The van der Waals surface area contributed by atoms with Crippen LogP contribution in [0.25, 0.3) is 0 Å². The summed E-state index contributed by atoms with van der Waals surface area (Å²) in [7, 11) is 0. The predicted molar refractivity (Wildman–Crippen MR) is 76.8 cm³/mol. The highest BCUT2D eigenvalue weighted by Gasteiger charge is 2.31. The van der Waals surface area contributed by atoms with Crippen molar-refractivity contribution < 1.29 is 4.79 Å². The molecule has 0 fully saturated rings. The Morgan fingerprint density at radius 2 is 2.42 bits per heavy atom. The zero-order valence-corrected chi connectivity index (χ0v) is 12.6. The number of hydrogen-bond donors (Lipinski definition) is 0. The van der Waals surface area contributed by atoms with Crippen LogP contribution in [0.1, 0.15) is 45.7 Å². The van der Waals surface area contributed by atoms with Crippen LogP contribution in [0.4, 0.5) is 0 Å². The second-order valence-electron chi connectivity index (χ2n) is 4.63. The van der Waals surface area contributed by atoms with Gasteiger partial charge in [-0.3, -0.25) is 4.79 Å². The number of thiophene rings is 1. The first-order valence-electron chi connectivity index (χ1n) is 6.40. The van der Waals surface area contributed by atoms with Gasteiger partial charge in [-0.1, -0.05) is 11.4 Å². The molecule has 3 heterocycles. The molecule has 0 aromatic carbocycles. The Balaban J connectivity index is 1.90. The summed E-state index contributed by atoms with van der Waals surface area (Å²) in [6.45, 7) is 4.89. The minimum Gasteiger partial charge on any atom is -0.331 e. The molecular weight excluding hydrogens is 278 g/mol. The molecular formula is C13H15N3OS2. The minimum absolute atomic E-state index is 0.0798. The van der Waals surface area contributed by atoms with Gasteiger partial charge in [-0.25, -0.2) is 0 Å². The molecule has 1 aliphatic rings. The number of aromatic nitrogens is 2. The number of fused-ring (bicyclic) bond motifs is 1. The molecule has 0 aliphatic carbocycles. The van der Waals surface area contributed by atoms with Gasteiger partial charge in [0, 0.05) is 11.4 Å². The van der Waals surface area contributed by atoms with Crippen molar-refractivity contribution in [3.8, 4) is 0 Å². The molecule has 6 heteroatoms. The number of rotatable bonds is 2. The van der Waals surface area contributed by atoms with E-state index in [4.69, 9.17) is 0 Å². The number of amides is 1. The average molecular weight is 293 g/mol. The van der Waals surface area contributed by atoms with E-state index in [1.807, 2.05) is 11.8 Å². The van der Waals surface area contributed by atoms with Crippen LogP contribution in [0.5, 0.6) is 0 Å². The fourth-order valence-corrected chi connectivity index (χ4v) is 4.19. The van der Waals surface area contributed by atoms with Gasteiger partial charge in [0.25, 0.3) is 5.91 Å². The van der Waals surface area contributed by atoms with E-state index in [0.717, 1.165) is 25.1 Å². The minimum atomic E-state index is 0.0798. The number of carbonyl (C=O) groups is 1. The molecule has 2 aromatic heterocycles. The second kappa shape index (κ2) is 5.02. The van der Waals surface area contributed by atoms with E-state index < -0.39 is 0 Å². The number of carbonyl (C=O) groups excluding carboxylic acids is 1. The second-order valence-corrected chi connectivity index (χ2v) is 6.38. The molecule has 0 unspecified atom stereocenters. The normalized spacial score (nSPS) is 18.4. The molecule has 0 saturated carbocycles. The third kappa shape index (κ3) is 2.08. The summed E-state index contributed by atoms with van der Waals surface area (Å²) in [5.74, 6) is 0.0798. The molecule has 2 aromatic rings. The van der Waals surface area contributed by atoms with Crippen LogP contribution in [-0.2, 0) is 12.8 Å². The van der Waals surface area contributed by atoms with Gasteiger partial charge in [0.2, 0.25) is 0 Å². The van der Waals surface area contributed by atoms with Gasteiger partial charge in [-0.2, -0.15) is 0 Å². The van der Waals surface area contributed by atoms with Crippen LogP contribution >= 0.6 is 22.9 Å². The van der Waals surface area contributed by atoms with Crippen LogP contribution in [0.15, 0.2) is 11.4 Å². The first kappa shape index (κ1) is 12.7. The van der Waals surface area contributed by atoms with Crippen LogP contribution in [0.3, 0.4) is 0 Å². The maximum atomic E-state index is 12.6. The zero-order valence-electron chi connectivity index (χ0n) is 10.9. The monoisotopic (exact) mass is 293 g/mol. The average Bonchev–Trinajstić information content (AvgIpc) is 3.07. The lowest BCUT2D eigenvalue weighted by atomic mass is 10.0. The Morgan fingerprint density at radius 1 is 1.58 bits per heavy atom. The molecule has 4 nitrogen and oxygen atoms in total. The standard InChI is InChI=1S/C13H15N3OS2/c1-3-10-12(19-15-14-10)13(17)16-6-4-11-9(8(16)2)5-7-18-11/h5,7-8H,3-4,6H2,1-2H3/t8-/m1/s1. The zero-order chi connectivity index (χ0) is 13.4. The van der Waals surface area contributed by atoms with Crippen molar-refractivity contribution >= 4 is 28.8 Å². The number of hydrogen-bond acceptors (Lipinski definition) is 5. The first-order chi connectivity index (χ1) is 9.22. The smallest absolute Gasteiger partial charge is 0.268 e. The van der Waals surface area contributed by atoms with E-state index in [9.17, 15) is 4.79 Å². The van der Waals surface area contributed by atoms with Crippen molar-refractivity contribution in [2.45, 2.75) is 32.7 Å². The molecule has 100 valence electrons. The highest BCUT2D eigenvalue weighted by molar-refractivity contribution is 7.10. The van der Waals surface area contributed by atoms with E-state index in [-0.39, 0.29) is 11.9 Å². The molecule has 3 rings (SSSR count). The van der Waals surface area contributed by atoms with Gasteiger partial charge < -0.3 is 4.90 Å². The third-order valence-electron chi connectivity index (χ3n) is 3.62. The third-order valence-corrected chi connectivity index (χ3v) is 5.38. The van der Waals surface area contributed by atoms with Gasteiger partial charge in [0.1, 0.15) is 4.88 Å². The Labute approximate surface area is 120 Å². The number of nitrogens with zero attached hydrogens (tertiary/aromatic N) is 3. The van der Waals surface area contributed by atoms with Gasteiger partial charge in [0.15, 0.2) is 0 Å². The predicted octanol–water partition coefficient (Wildman–Crippen LogP) is 2.92. The highest BCUT2D eigenvalue weighted by Crippen LogP contribution is 2.34. The SMILES string of the molecule is CCc1nnsc1C(=O)N1CCc2sccc2[C@H]1C. The lowest BCUT2D eigenvalue weighted by Gasteiger charge is -2.33. The van der Waals surface area contributed by atoms with E-state index in [0.29, 0.717) is 4.88 Å². The van der Waals surface area contributed by atoms with Crippen molar-refractivity contribution in [3.63, 3.8) is 0 Å². The van der Waals surface area contributed by atoms with Gasteiger partial charge >= 0.3 is 0 Å². The Kier molecular flexibility index (Phi) is 3.36.